The number of hydrogen-bond donors (Lipinski definition) is 1. The van der Waals surface area contributed by atoms with Crippen LogP contribution >= 0.6 is 0 Å². The molecule has 1 aromatic carbocycles. The lowest BCUT2D eigenvalue weighted by Crippen LogP contribution is -2.20. The summed E-state index contributed by atoms with van der Waals surface area (Å²) >= 11 is 0. The van der Waals surface area contributed by atoms with E-state index in [0.29, 0.717) is 12.0 Å². The minimum atomic E-state index is 0.445. The second-order valence-electron chi connectivity index (χ2n) is 6.67. The Morgan fingerprint density at radius 3 is 2.80 bits per heavy atom. The lowest BCUT2D eigenvalue weighted by Gasteiger charge is -2.30. The van der Waals surface area contributed by atoms with Crippen LogP contribution in [0, 0.1) is 5.92 Å². The number of aromatic nitrogens is 2. The van der Waals surface area contributed by atoms with Crippen molar-refractivity contribution in [3.63, 3.8) is 0 Å². The van der Waals surface area contributed by atoms with E-state index in [1.54, 1.807) is 0 Å². The number of imidazole rings is 1. The third kappa shape index (κ3) is 2.30. The van der Waals surface area contributed by atoms with Crippen LogP contribution in [-0.4, -0.2) is 9.55 Å². The van der Waals surface area contributed by atoms with Crippen LogP contribution in [0.15, 0.2) is 18.2 Å². The van der Waals surface area contributed by atoms with Crippen LogP contribution in [0.3, 0.4) is 0 Å². The molecule has 1 aromatic heterocycles. The number of rotatable bonds is 2. The molecule has 108 valence electrons. The third-order valence-corrected chi connectivity index (χ3v) is 4.53. The van der Waals surface area contributed by atoms with Gasteiger partial charge in [-0.15, -0.1) is 0 Å². The minimum absolute atomic E-state index is 0.445. The number of nitrogens with zero attached hydrogens (tertiary/aromatic N) is 2. The maximum Gasteiger partial charge on any atom is 0.112 e. The van der Waals surface area contributed by atoms with Crippen LogP contribution in [0.1, 0.15) is 64.2 Å². The Hall–Kier alpha value is -1.51. The van der Waals surface area contributed by atoms with Crippen LogP contribution in [-0.2, 0) is 0 Å². The van der Waals surface area contributed by atoms with E-state index in [-0.39, 0.29) is 0 Å². The number of nitrogen functional groups attached to an aromatic ring is 1. The van der Waals surface area contributed by atoms with Crippen molar-refractivity contribution >= 4 is 16.7 Å². The predicted octanol–water partition coefficient (Wildman–Crippen LogP) is 4.49. The molecule has 3 heteroatoms. The first-order valence-corrected chi connectivity index (χ1v) is 7.83. The van der Waals surface area contributed by atoms with Crippen LogP contribution in [0.25, 0.3) is 11.0 Å². The summed E-state index contributed by atoms with van der Waals surface area (Å²) < 4.78 is 2.50. The van der Waals surface area contributed by atoms with E-state index in [1.165, 1.54) is 37.0 Å². The van der Waals surface area contributed by atoms with Gasteiger partial charge < -0.3 is 10.3 Å². The molecule has 2 unspecified atom stereocenters. The zero-order chi connectivity index (χ0) is 14.3. The number of nitrogens with two attached hydrogens (primary N) is 1. The number of anilines is 1. The van der Waals surface area contributed by atoms with Gasteiger partial charge in [-0.3, -0.25) is 0 Å². The van der Waals surface area contributed by atoms with E-state index < -0.39 is 0 Å². The molecule has 0 aliphatic heterocycles. The van der Waals surface area contributed by atoms with Crippen LogP contribution in [0.2, 0.25) is 0 Å². The molecule has 1 aliphatic rings. The average molecular weight is 271 g/mol. The Morgan fingerprint density at radius 2 is 2.10 bits per heavy atom. The fourth-order valence-corrected chi connectivity index (χ4v) is 3.56. The first kappa shape index (κ1) is 13.5. The van der Waals surface area contributed by atoms with Gasteiger partial charge in [-0.05, 0) is 37.0 Å². The summed E-state index contributed by atoms with van der Waals surface area (Å²) in [5, 5.41) is 0. The van der Waals surface area contributed by atoms with E-state index in [1.807, 2.05) is 12.1 Å². The highest BCUT2D eigenvalue weighted by molar-refractivity contribution is 5.80. The van der Waals surface area contributed by atoms with Gasteiger partial charge >= 0.3 is 0 Å². The molecule has 1 heterocycles. The summed E-state index contributed by atoms with van der Waals surface area (Å²) in [5.74, 6) is 2.48. The van der Waals surface area contributed by atoms with Gasteiger partial charge in [0.25, 0.3) is 0 Å². The maximum atomic E-state index is 5.91. The Morgan fingerprint density at radius 1 is 1.30 bits per heavy atom. The second kappa shape index (κ2) is 5.12. The summed E-state index contributed by atoms with van der Waals surface area (Å²) in [6.07, 6.45) is 5.25. The predicted molar refractivity (Wildman–Crippen MR) is 84.9 cm³/mol. The molecule has 1 fully saturated rings. The fourth-order valence-electron chi connectivity index (χ4n) is 3.56. The molecule has 2 aromatic rings. The third-order valence-electron chi connectivity index (χ3n) is 4.53. The molecule has 0 spiro atoms. The fraction of sp³-hybridized carbons (Fsp3) is 0.588. The van der Waals surface area contributed by atoms with Crippen molar-refractivity contribution in [3.8, 4) is 0 Å². The van der Waals surface area contributed by atoms with Gasteiger partial charge in [0.2, 0.25) is 0 Å². The van der Waals surface area contributed by atoms with Gasteiger partial charge in [-0.25, -0.2) is 4.98 Å². The molecular weight excluding hydrogens is 246 g/mol. The molecular formula is C17H25N3. The van der Waals surface area contributed by atoms with Gasteiger partial charge in [0, 0.05) is 17.6 Å². The first-order chi connectivity index (χ1) is 9.56. The number of benzene rings is 1. The Bertz CT molecular complexity index is 612. The summed E-state index contributed by atoms with van der Waals surface area (Å²) in [4.78, 5) is 4.86. The molecule has 2 N–H and O–H groups in total. The molecule has 3 nitrogen and oxygen atoms in total. The summed E-state index contributed by atoms with van der Waals surface area (Å²) in [6.45, 7) is 6.83. The first-order valence-electron chi connectivity index (χ1n) is 7.83. The van der Waals surface area contributed by atoms with E-state index in [9.17, 15) is 0 Å². The van der Waals surface area contributed by atoms with Gasteiger partial charge in [-0.2, -0.15) is 0 Å². The Kier molecular flexibility index (Phi) is 3.45. The average Bonchev–Trinajstić information content (AvgIpc) is 2.77. The summed E-state index contributed by atoms with van der Waals surface area (Å²) in [5.41, 5.74) is 9.01. The van der Waals surface area contributed by atoms with Crippen molar-refractivity contribution in [1.29, 1.82) is 0 Å². The normalized spacial score (nSPS) is 23.6. The second-order valence-corrected chi connectivity index (χ2v) is 6.67. The molecule has 2 atom stereocenters. The molecule has 1 aliphatic carbocycles. The van der Waals surface area contributed by atoms with Crippen molar-refractivity contribution in [1.82, 2.24) is 9.55 Å². The zero-order valence-corrected chi connectivity index (χ0v) is 12.8. The maximum absolute atomic E-state index is 5.91. The lowest BCUT2D eigenvalue weighted by molar-refractivity contribution is 0.281. The molecule has 1 saturated carbocycles. The van der Waals surface area contributed by atoms with Crippen LogP contribution < -0.4 is 5.73 Å². The highest BCUT2D eigenvalue weighted by atomic mass is 15.1. The van der Waals surface area contributed by atoms with E-state index in [0.717, 1.165) is 17.1 Å². The highest BCUT2D eigenvalue weighted by Gasteiger charge is 2.25. The van der Waals surface area contributed by atoms with Crippen LogP contribution in [0.5, 0.6) is 0 Å². The van der Waals surface area contributed by atoms with Crippen molar-refractivity contribution in [2.75, 3.05) is 5.73 Å². The van der Waals surface area contributed by atoms with Crippen molar-refractivity contribution in [2.24, 2.45) is 5.92 Å². The van der Waals surface area contributed by atoms with Crippen LogP contribution in [0.4, 0.5) is 5.69 Å². The van der Waals surface area contributed by atoms with Gasteiger partial charge in [0.15, 0.2) is 0 Å². The van der Waals surface area contributed by atoms with E-state index in [2.05, 4.69) is 31.4 Å². The Balaban J connectivity index is 2.13. The zero-order valence-electron chi connectivity index (χ0n) is 12.8. The summed E-state index contributed by atoms with van der Waals surface area (Å²) in [7, 11) is 0. The quantitative estimate of drug-likeness (QED) is 0.818. The number of hydrogen-bond acceptors (Lipinski definition) is 2. The minimum Gasteiger partial charge on any atom is -0.399 e. The molecule has 0 saturated heterocycles. The molecule has 0 bridgehead atoms. The van der Waals surface area contributed by atoms with E-state index in [4.69, 9.17) is 10.7 Å². The van der Waals surface area contributed by atoms with Gasteiger partial charge in [0.05, 0.1) is 11.0 Å². The van der Waals surface area contributed by atoms with Gasteiger partial charge in [-0.1, -0.05) is 33.6 Å². The van der Waals surface area contributed by atoms with E-state index >= 15 is 0 Å². The largest absolute Gasteiger partial charge is 0.399 e. The summed E-state index contributed by atoms with van der Waals surface area (Å²) in [6, 6.07) is 6.74. The molecule has 0 amide bonds. The number of fused-ring (bicyclic) bond motifs is 1. The Labute approximate surface area is 121 Å². The standard InChI is InChI=1S/C17H25N3/c1-11(2)17-19-15-10-13(18)7-8-16(15)20(17)14-6-4-5-12(3)9-14/h7-8,10-12,14H,4-6,9,18H2,1-3H3. The smallest absolute Gasteiger partial charge is 0.112 e. The van der Waals surface area contributed by atoms with Crippen molar-refractivity contribution in [2.45, 2.75) is 58.4 Å². The van der Waals surface area contributed by atoms with Crippen molar-refractivity contribution < 1.29 is 0 Å². The molecule has 0 radical (unpaired) electrons. The highest BCUT2D eigenvalue weighted by Crippen LogP contribution is 2.37. The monoisotopic (exact) mass is 271 g/mol. The van der Waals surface area contributed by atoms with Crippen molar-refractivity contribution in [3.05, 3.63) is 24.0 Å². The molecule has 20 heavy (non-hydrogen) atoms. The molecule has 3 rings (SSSR count). The SMILES string of the molecule is CC1CCCC(n2c(C(C)C)nc3cc(N)ccc32)C1. The van der Waals surface area contributed by atoms with Gasteiger partial charge in [0.1, 0.15) is 5.82 Å². The lowest BCUT2D eigenvalue weighted by atomic mass is 9.86. The topological polar surface area (TPSA) is 43.8 Å².